The number of imide groups is 1. The van der Waals surface area contributed by atoms with Crippen molar-refractivity contribution >= 4 is 17.8 Å². The van der Waals surface area contributed by atoms with Crippen molar-refractivity contribution < 1.29 is 19.1 Å². The Hall–Kier alpha value is -1.91. The summed E-state index contributed by atoms with van der Waals surface area (Å²) in [5.41, 5.74) is 0. The summed E-state index contributed by atoms with van der Waals surface area (Å²) in [7, 11) is 0. The van der Waals surface area contributed by atoms with Crippen LogP contribution in [0.5, 0.6) is 0 Å². The van der Waals surface area contributed by atoms with Gasteiger partial charge in [-0.25, -0.2) is 0 Å². The van der Waals surface area contributed by atoms with E-state index in [9.17, 15) is 14.4 Å². The molecular formula is C9H9NO4. The van der Waals surface area contributed by atoms with E-state index < -0.39 is 17.8 Å². The molecule has 0 saturated carbocycles. The van der Waals surface area contributed by atoms with Crippen LogP contribution in [0.15, 0.2) is 24.8 Å². The van der Waals surface area contributed by atoms with Gasteiger partial charge in [0.1, 0.15) is 13.2 Å². The van der Waals surface area contributed by atoms with Gasteiger partial charge in [-0.15, -0.1) is 0 Å². The van der Waals surface area contributed by atoms with Gasteiger partial charge < -0.3 is 4.74 Å². The highest BCUT2D eigenvalue weighted by atomic mass is 16.5. The van der Waals surface area contributed by atoms with Crippen LogP contribution in [0.2, 0.25) is 0 Å². The minimum absolute atomic E-state index is 0.0719. The number of amides is 2. The van der Waals surface area contributed by atoms with Crippen LogP contribution in [0.1, 0.15) is 0 Å². The second kappa shape index (κ2) is 4.36. The highest BCUT2D eigenvalue weighted by Crippen LogP contribution is 2.02. The summed E-state index contributed by atoms with van der Waals surface area (Å²) in [6.07, 6.45) is 3.63. The van der Waals surface area contributed by atoms with Gasteiger partial charge in [-0.05, 0) is 0 Å². The maximum atomic E-state index is 11.0. The minimum atomic E-state index is -0.629. The third-order valence-electron chi connectivity index (χ3n) is 1.55. The van der Waals surface area contributed by atoms with E-state index in [-0.39, 0.29) is 13.2 Å². The number of carbonyl (C=O) groups is 3. The fourth-order valence-electron chi connectivity index (χ4n) is 0.914. The summed E-state index contributed by atoms with van der Waals surface area (Å²) < 4.78 is 4.62. The summed E-state index contributed by atoms with van der Waals surface area (Å²) in [4.78, 5) is 33.8. The molecule has 1 aliphatic rings. The van der Waals surface area contributed by atoms with Crippen molar-refractivity contribution in [3.8, 4) is 0 Å². The van der Waals surface area contributed by atoms with Crippen LogP contribution >= 0.6 is 0 Å². The van der Waals surface area contributed by atoms with E-state index >= 15 is 0 Å². The Labute approximate surface area is 80.6 Å². The Morgan fingerprint density at radius 3 is 2.50 bits per heavy atom. The predicted octanol–water partition coefficient (Wildman–Crippen LogP) is -0.359. The first-order valence-electron chi connectivity index (χ1n) is 3.95. The summed E-state index contributed by atoms with van der Waals surface area (Å²) in [6.45, 7) is 3.08. The Morgan fingerprint density at radius 2 is 2.00 bits per heavy atom. The minimum Gasteiger partial charge on any atom is -0.460 e. The van der Waals surface area contributed by atoms with Crippen LogP contribution < -0.4 is 0 Å². The molecule has 0 aliphatic carbocycles. The maximum Gasteiger partial charge on any atom is 0.326 e. The second-order valence-corrected chi connectivity index (χ2v) is 2.57. The number of carbonyl (C=O) groups excluding carboxylic acids is 3. The lowest BCUT2D eigenvalue weighted by atomic mass is 10.5. The summed E-state index contributed by atoms with van der Waals surface area (Å²) >= 11 is 0. The van der Waals surface area contributed by atoms with E-state index in [0.29, 0.717) is 0 Å². The molecule has 0 saturated heterocycles. The van der Waals surface area contributed by atoms with Crippen LogP contribution in [0.25, 0.3) is 0 Å². The van der Waals surface area contributed by atoms with Gasteiger partial charge in [0.2, 0.25) is 0 Å². The molecule has 0 aromatic rings. The quantitative estimate of drug-likeness (QED) is 0.349. The van der Waals surface area contributed by atoms with Crippen LogP contribution in [-0.4, -0.2) is 35.8 Å². The van der Waals surface area contributed by atoms with Gasteiger partial charge in [-0.1, -0.05) is 12.7 Å². The molecule has 0 spiro atoms. The zero-order valence-electron chi connectivity index (χ0n) is 7.43. The monoisotopic (exact) mass is 195 g/mol. The van der Waals surface area contributed by atoms with Crippen molar-refractivity contribution in [2.75, 3.05) is 13.2 Å². The van der Waals surface area contributed by atoms with Crippen molar-refractivity contribution in [1.82, 2.24) is 4.90 Å². The van der Waals surface area contributed by atoms with Crippen molar-refractivity contribution in [1.29, 1.82) is 0 Å². The first-order chi connectivity index (χ1) is 6.65. The molecule has 0 unspecified atom stereocenters. The molecule has 0 atom stereocenters. The average Bonchev–Trinajstić information content (AvgIpc) is 2.46. The molecule has 1 heterocycles. The maximum absolute atomic E-state index is 11.0. The number of esters is 1. The van der Waals surface area contributed by atoms with Gasteiger partial charge >= 0.3 is 5.97 Å². The van der Waals surface area contributed by atoms with Crippen LogP contribution in [0.4, 0.5) is 0 Å². The highest BCUT2D eigenvalue weighted by Gasteiger charge is 2.25. The van der Waals surface area contributed by atoms with Crippen molar-refractivity contribution in [3.63, 3.8) is 0 Å². The Bertz CT molecular complexity index is 301. The van der Waals surface area contributed by atoms with Gasteiger partial charge in [0.25, 0.3) is 11.8 Å². The summed E-state index contributed by atoms with van der Waals surface area (Å²) in [5.74, 6) is -1.62. The lowest BCUT2D eigenvalue weighted by Gasteiger charge is -2.11. The normalized spacial score (nSPS) is 14.7. The first-order valence-corrected chi connectivity index (χ1v) is 3.95. The Kier molecular flexibility index (Phi) is 3.17. The second-order valence-electron chi connectivity index (χ2n) is 2.57. The van der Waals surface area contributed by atoms with Gasteiger partial charge in [0.05, 0.1) is 0 Å². The summed E-state index contributed by atoms with van der Waals surface area (Å²) in [5, 5.41) is 0. The van der Waals surface area contributed by atoms with Crippen LogP contribution in [0, 0.1) is 0 Å². The van der Waals surface area contributed by atoms with Crippen LogP contribution in [0.3, 0.4) is 0 Å². The molecule has 5 nitrogen and oxygen atoms in total. The van der Waals surface area contributed by atoms with Gasteiger partial charge in [0.15, 0.2) is 0 Å². The molecule has 0 aromatic carbocycles. The predicted molar refractivity (Wildman–Crippen MR) is 47.0 cm³/mol. The van der Waals surface area contributed by atoms with E-state index in [1.54, 1.807) is 0 Å². The number of rotatable bonds is 4. The van der Waals surface area contributed by atoms with Gasteiger partial charge in [0, 0.05) is 12.2 Å². The molecule has 74 valence electrons. The standard InChI is InChI=1S/C9H9NO4/c1-2-5-14-9(13)6-10-7(11)3-4-8(10)12/h2-4H,1,5-6H2. The molecule has 0 fully saturated rings. The number of nitrogens with zero attached hydrogens (tertiary/aromatic N) is 1. The molecule has 5 heteroatoms. The number of hydrogen-bond donors (Lipinski definition) is 0. The third-order valence-corrected chi connectivity index (χ3v) is 1.55. The molecule has 0 radical (unpaired) electrons. The molecule has 0 N–H and O–H groups in total. The van der Waals surface area contributed by atoms with Crippen molar-refractivity contribution in [2.24, 2.45) is 0 Å². The SMILES string of the molecule is C=CCOC(=O)CN1C(=O)C=CC1=O. The van der Waals surface area contributed by atoms with E-state index in [2.05, 4.69) is 11.3 Å². The average molecular weight is 195 g/mol. The topological polar surface area (TPSA) is 63.7 Å². The molecule has 1 rings (SSSR count). The van der Waals surface area contributed by atoms with Crippen LogP contribution in [-0.2, 0) is 19.1 Å². The first kappa shape index (κ1) is 10.2. The molecule has 2 amide bonds. The molecule has 14 heavy (non-hydrogen) atoms. The third kappa shape index (κ3) is 2.29. The van der Waals surface area contributed by atoms with E-state index in [1.807, 2.05) is 0 Å². The van der Waals surface area contributed by atoms with Crippen molar-refractivity contribution in [2.45, 2.75) is 0 Å². The van der Waals surface area contributed by atoms with E-state index in [4.69, 9.17) is 0 Å². The largest absolute Gasteiger partial charge is 0.460 e. The molecule has 0 bridgehead atoms. The molecular weight excluding hydrogens is 186 g/mol. The lowest BCUT2D eigenvalue weighted by molar-refractivity contribution is -0.150. The van der Waals surface area contributed by atoms with E-state index in [1.165, 1.54) is 6.08 Å². The van der Waals surface area contributed by atoms with E-state index in [0.717, 1.165) is 17.1 Å². The zero-order chi connectivity index (χ0) is 10.6. The van der Waals surface area contributed by atoms with Gasteiger partial charge in [-0.3, -0.25) is 19.3 Å². The molecule has 0 aromatic heterocycles. The molecule has 1 aliphatic heterocycles. The Morgan fingerprint density at radius 1 is 1.43 bits per heavy atom. The van der Waals surface area contributed by atoms with Crippen molar-refractivity contribution in [3.05, 3.63) is 24.8 Å². The number of hydrogen-bond acceptors (Lipinski definition) is 4. The summed E-state index contributed by atoms with van der Waals surface area (Å²) in [6, 6.07) is 0. The lowest BCUT2D eigenvalue weighted by Crippen LogP contribution is -2.35. The Balaban J connectivity index is 2.44. The fourth-order valence-corrected chi connectivity index (χ4v) is 0.914. The highest BCUT2D eigenvalue weighted by molar-refractivity contribution is 6.14. The zero-order valence-corrected chi connectivity index (χ0v) is 7.43. The number of ether oxygens (including phenoxy) is 1. The smallest absolute Gasteiger partial charge is 0.326 e. The fraction of sp³-hybridized carbons (Fsp3) is 0.222. The van der Waals surface area contributed by atoms with Gasteiger partial charge in [-0.2, -0.15) is 0 Å².